The van der Waals surface area contributed by atoms with E-state index in [2.05, 4.69) is 15.6 Å². The standard InChI is InChI=1S/C22H27FN4O/c1-16-14-19(23)8-7-18(16)11-12-25-22(24-2)26-15-17-5-9-20(10-6-17)27-13-3-4-21(27)28/h5-10,14H,3-4,11-13,15H2,1-2H3,(H2,24,25,26). The molecule has 3 rings (SSSR count). The van der Waals surface area contributed by atoms with Crippen LogP contribution in [0.5, 0.6) is 0 Å². The molecule has 1 saturated heterocycles. The number of aliphatic imine (C=N–C) groups is 1. The molecular formula is C22H27FN4O. The molecule has 6 heteroatoms. The molecule has 2 aromatic carbocycles. The number of anilines is 1. The van der Waals surface area contributed by atoms with Crippen LogP contribution in [0.1, 0.15) is 29.5 Å². The van der Waals surface area contributed by atoms with E-state index in [4.69, 9.17) is 0 Å². The maximum absolute atomic E-state index is 13.2. The number of guanidine groups is 1. The summed E-state index contributed by atoms with van der Waals surface area (Å²) in [7, 11) is 1.74. The second-order valence-corrected chi connectivity index (χ2v) is 6.99. The first kappa shape index (κ1) is 19.9. The normalized spacial score (nSPS) is 14.5. The fraction of sp³-hybridized carbons (Fsp3) is 0.364. The first-order chi connectivity index (χ1) is 13.6. The van der Waals surface area contributed by atoms with E-state index in [1.807, 2.05) is 42.2 Å². The van der Waals surface area contributed by atoms with Gasteiger partial charge in [0.1, 0.15) is 5.82 Å². The quantitative estimate of drug-likeness (QED) is 0.596. The van der Waals surface area contributed by atoms with Crippen LogP contribution in [0, 0.1) is 12.7 Å². The number of halogens is 1. The molecule has 0 spiro atoms. The minimum Gasteiger partial charge on any atom is -0.356 e. The highest BCUT2D eigenvalue weighted by atomic mass is 19.1. The Morgan fingerprint density at radius 3 is 2.61 bits per heavy atom. The summed E-state index contributed by atoms with van der Waals surface area (Å²) < 4.78 is 13.2. The number of benzene rings is 2. The topological polar surface area (TPSA) is 56.7 Å². The fourth-order valence-electron chi connectivity index (χ4n) is 3.38. The minimum absolute atomic E-state index is 0.201. The van der Waals surface area contributed by atoms with Gasteiger partial charge in [-0.3, -0.25) is 9.79 Å². The second kappa shape index (κ2) is 9.35. The molecule has 1 aliphatic rings. The van der Waals surface area contributed by atoms with Crippen molar-refractivity contribution >= 4 is 17.6 Å². The zero-order chi connectivity index (χ0) is 19.9. The Morgan fingerprint density at radius 2 is 1.96 bits per heavy atom. The van der Waals surface area contributed by atoms with E-state index >= 15 is 0 Å². The predicted molar refractivity (Wildman–Crippen MR) is 111 cm³/mol. The monoisotopic (exact) mass is 382 g/mol. The third kappa shape index (κ3) is 5.09. The van der Waals surface area contributed by atoms with Crippen LogP contribution in [0.4, 0.5) is 10.1 Å². The molecule has 2 aromatic rings. The van der Waals surface area contributed by atoms with E-state index in [-0.39, 0.29) is 11.7 Å². The van der Waals surface area contributed by atoms with Crippen molar-refractivity contribution in [1.29, 1.82) is 0 Å². The highest BCUT2D eigenvalue weighted by Gasteiger charge is 2.21. The van der Waals surface area contributed by atoms with Gasteiger partial charge in [-0.15, -0.1) is 0 Å². The Balaban J connectivity index is 1.46. The Bertz CT molecular complexity index is 848. The third-order valence-corrected chi connectivity index (χ3v) is 5.00. The number of nitrogens with one attached hydrogen (secondary N) is 2. The van der Waals surface area contributed by atoms with E-state index in [1.165, 1.54) is 6.07 Å². The number of hydrogen-bond donors (Lipinski definition) is 2. The van der Waals surface area contributed by atoms with Gasteiger partial charge in [0.25, 0.3) is 0 Å². The summed E-state index contributed by atoms with van der Waals surface area (Å²) in [6.45, 7) is 4.08. The van der Waals surface area contributed by atoms with Crippen molar-refractivity contribution in [3.8, 4) is 0 Å². The summed E-state index contributed by atoms with van der Waals surface area (Å²) >= 11 is 0. The van der Waals surface area contributed by atoms with E-state index in [9.17, 15) is 9.18 Å². The molecule has 148 valence electrons. The Labute approximate surface area is 165 Å². The van der Waals surface area contributed by atoms with E-state index in [1.54, 1.807) is 13.1 Å². The number of amides is 1. The molecule has 28 heavy (non-hydrogen) atoms. The molecule has 0 radical (unpaired) electrons. The van der Waals surface area contributed by atoms with Crippen molar-refractivity contribution in [2.45, 2.75) is 32.7 Å². The number of nitrogens with zero attached hydrogens (tertiary/aromatic N) is 2. The second-order valence-electron chi connectivity index (χ2n) is 6.99. The first-order valence-electron chi connectivity index (χ1n) is 9.65. The highest BCUT2D eigenvalue weighted by Crippen LogP contribution is 2.21. The van der Waals surface area contributed by atoms with Crippen LogP contribution in [-0.2, 0) is 17.8 Å². The van der Waals surface area contributed by atoms with Gasteiger partial charge < -0.3 is 15.5 Å². The van der Waals surface area contributed by atoms with Crippen molar-refractivity contribution in [2.24, 2.45) is 4.99 Å². The van der Waals surface area contributed by atoms with Gasteiger partial charge in [-0.1, -0.05) is 18.2 Å². The Morgan fingerprint density at radius 1 is 1.18 bits per heavy atom. The first-order valence-corrected chi connectivity index (χ1v) is 9.65. The van der Waals surface area contributed by atoms with Gasteiger partial charge in [0.15, 0.2) is 5.96 Å². The largest absolute Gasteiger partial charge is 0.356 e. The lowest BCUT2D eigenvalue weighted by molar-refractivity contribution is -0.117. The molecule has 2 N–H and O–H groups in total. The van der Waals surface area contributed by atoms with Crippen molar-refractivity contribution in [2.75, 3.05) is 25.0 Å². The smallest absolute Gasteiger partial charge is 0.227 e. The van der Waals surface area contributed by atoms with Gasteiger partial charge in [-0.05, 0) is 60.7 Å². The van der Waals surface area contributed by atoms with Crippen LogP contribution < -0.4 is 15.5 Å². The lowest BCUT2D eigenvalue weighted by Crippen LogP contribution is -2.37. The maximum Gasteiger partial charge on any atom is 0.227 e. The number of carbonyl (C=O) groups excluding carboxylic acids is 1. The molecule has 0 saturated carbocycles. The van der Waals surface area contributed by atoms with Crippen LogP contribution in [0.2, 0.25) is 0 Å². The Kier molecular flexibility index (Phi) is 6.63. The summed E-state index contributed by atoms with van der Waals surface area (Å²) in [4.78, 5) is 17.9. The number of carbonyl (C=O) groups is 1. The number of aryl methyl sites for hydroxylation is 1. The van der Waals surface area contributed by atoms with Crippen molar-refractivity contribution in [3.05, 3.63) is 65.0 Å². The predicted octanol–water partition coefficient (Wildman–Crippen LogP) is 3.17. The van der Waals surface area contributed by atoms with Gasteiger partial charge >= 0.3 is 0 Å². The SMILES string of the molecule is CN=C(NCCc1ccc(F)cc1C)NCc1ccc(N2CCCC2=O)cc1. The van der Waals surface area contributed by atoms with Crippen LogP contribution in [0.3, 0.4) is 0 Å². The molecule has 1 fully saturated rings. The van der Waals surface area contributed by atoms with Crippen LogP contribution in [0.25, 0.3) is 0 Å². The summed E-state index contributed by atoms with van der Waals surface area (Å²) in [5, 5.41) is 6.58. The molecule has 0 aromatic heterocycles. The van der Waals surface area contributed by atoms with Crippen LogP contribution in [-0.4, -0.2) is 32.0 Å². The van der Waals surface area contributed by atoms with Crippen molar-refractivity contribution in [3.63, 3.8) is 0 Å². The minimum atomic E-state index is -0.202. The zero-order valence-electron chi connectivity index (χ0n) is 16.5. The Hall–Kier alpha value is -2.89. The molecule has 0 aliphatic carbocycles. The molecule has 0 bridgehead atoms. The average Bonchev–Trinajstić information content (AvgIpc) is 3.12. The van der Waals surface area contributed by atoms with Gasteiger partial charge in [-0.2, -0.15) is 0 Å². The van der Waals surface area contributed by atoms with Gasteiger partial charge in [0.05, 0.1) is 0 Å². The van der Waals surface area contributed by atoms with Gasteiger partial charge in [-0.25, -0.2) is 4.39 Å². The summed E-state index contributed by atoms with van der Waals surface area (Å²) in [6.07, 6.45) is 2.37. The lowest BCUT2D eigenvalue weighted by Gasteiger charge is -2.16. The number of rotatable bonds is 6. The highest BCUT2D eigenvalue weighted by molar-refractivity contribution is 5.95. The molecule has 1 aliphatic heterocycles. The molecule has 0 atom stereocenters. The molecule has 0 unspecified atom stereocenters. The third-order valence-electron chi connectivity index (χ3n) is 5.00. The molecular weight excluding hydrogens is 355 g/mol. The molecule has 5 nitrogen and oxygen atoms in total. The van der Waals surface area contributed by atoms with Crippen molar-refractivity contribution in [1.82, 2.24) is 10.6 Å². The van der Waals surface area contributed by atoms with Crippen LogP contribution >= 0.6 is 0 Å². The lowest BCUT2D eigenvalue weighted by atomic mass is 10.1. The summed E-state index contributed by atoms with van der Waals surface area (Å²) in [5.74, 6) is 0.720. The molecule has 1 amide bonds. The fourth-order valence-corrected chi connectivity index (χ4v) is 3.38. The van der Waals surface area contributed by atoms with Crippen molar-refractivity contribution < 1.29 is 9.18 Å². The van der Waals surface area contributed by atoms with E-state index < -0.39 is 0 Å². The molecule has 1 heterocycles. The van der Waals surface area contributed by atoms with E-state index in [0.717, 1.165) is 47.7 Å². The average molecular weight is 382 g/mol. The summed E-state index contributed by atoms with van der Waals surface area (Å²) in [6, 6.07) is 12.9. The van der Waals surface area contributed by atoms with Crippen LogP contribution in [0.15, 0.2) is 47.5 Å². The number of hydrogen-bond acceptors (Lipinski definition) is 2. The van der Waals surface area contributed by atoms with Gasteiger partial charge in [0, 0.05) is 38.8 Å². The van der Waals surface area contributed by atoms with E-state index in [0.29, 0.717) is 19.5 Å². The zero-order valence-corrected chi connectivity index (χ0v) is 16.5. The summed E-state index contributed by atoms with van der Waals surface area (Å²) in [5.41, 5.74) is 4.16. The van der Waals surface area contributed by atoms with Gasteiger partial charge in [0.2, 0.25) is 5.91 Å². The maximum atomic E-state index is 13.2.